The zero-order chi connectivity index (χ0) is 30.5. The summed E-state index contributed by atoms with van der Waals surface area (Å²) in [5, 5.41) is 3.74. The van der Waals surface area contributed by atoms with E-state index in [0.717, 1.165) is 9.87 Å². The maximum Gasteiger partial charge on any atom is 0.264 e. The summed E-state index contributed by atoms with van der Waals surface area (Å²) >= 11 is 25.5. The molecule has 0 radical (unpaired) electrons. The Morgan fingerprint density at radius 2 is 1.51 bits per heavy atom. The molecular formula is C29H31Cl4N3O4S. The number of carbonyl (C=O) groups excluding carboxylic acids is 2. The van der Waals surface area contributed by atoms with Crippen molar-refractivity contribution in [2.75, 3.05) is 10.8 Å². The summed E-state index contributed by atoms with van der Waals surface area (Å²) in [6.07, 6.45) is 0.245. The smallest absolute Gasteiger partial charge is 0.264 e. The number of benzene rings is 3. The maximum atomic E-state index is 14.2. The fourth-order valence-electron chi connectivity index (χ4n) is 4.18. The van der Waals surface area contributed by atoms with Crippen LogP contribution in [-0.4, -0.2) is 43.8 Å². The molecule has 0 bridgehead atoms. The quantitative estimate of drug-likeness (QED) is 0.237. The van der Waals surface area contributed by atoms with Gasteiger partial charge >= 0.3 is 0 Å². The molecule has 0 aliphatic rings. The van der Waals surface area contributed by atoms with Crippen molar-refractivity contribution in [1.29, 1.82) is 0 Å². The van der Waals surface area contributed by atoms with Crippen LogP contribution in [0.4, 0.5) is 5.69 Å². The molecule has 0 aliphatic heterocycles. The molecule has 0 unspecified atom stereocenters. The molecule has 2 amide bonds. The summed E-state index contributed by atoms with van der Waals surface area (Å²) in [5.74, 6) is -1.06. The maximum absolute atomic E-state index is 14.2. The van der Waals surface area contributed by atoms with E-state index in [1.807, 2.05) is 6.92 Å². The highest BCUT2D eigenvalue weighted by Crippen LogP contribution is 2.34. The Bertz CT molecular complexity index is 1490. The van der Waals surface area contributed by atoms with Gasteiger partial charge in [-0.25, -0.2) is 8.42 Å². The predicted octanol–water partition coefficient (Wildman–Crippen LogP) is 7.14. The van der Waals surface area contributed by atoms with Gasteiger partial charge in [0.2, 0.25) is 11.8 Å². The number of aryl methyl sites for hydroxylation is 1. The Labute approximate surface area is 261 Å². The fourth-order valence-corrected chi connectivity index (χ4v) is 6.56. The van der Waals surface area contributed by atoms with Crippen molar-refractivity contribution in [3.8, 4) is 0 Å². The van der Waals surface area contributed by atoms with E-state index >= 15 is 0 Å². The third kappa shape index (κ3) is 8.08. The van der Waals surface area contributed by atoms with E-state index in [4.69, 9.17) is 46.4 Å². The van der Waals surface area contributed by atoms with Crippen molar-refractivity contribution in [3.05, 3.63) is 91.9 Å². The van der Waals surface area contributed by atoms with E-state index in [1.54, 1.807) is 51.1 Å². The third-order valence-corrected chi connectivity index (χ3v) is 9.31. The number of rotatable bonds is 11. The van der Waals surface area contributed by atoms with Crippen LogP contribution in [0, 0.1) is 6.92 Å². The Hall–Kier alpha value is -2.49. The summed E-state index contributed by atoms with van der Waals surface area (Å²) in [6.45, 7) is 6.38. The summed E-state index contributed by atoms with van der Waals surface area (Å²) < 4.78 is 28.9. The Morgan fingerprint density at radius 3 is 2.07 bits per heavy atom. The van der Waals surface area contributed by atoms with Crippen LogP contribution in [0.2, 0.25) is 20.1 Å². The number of hydrogen-bond acceptors (Lipinski definition) is 4. The molecule has 3 rings (SSSR count). The predicted molar refractivity (Wildman–Crippen MR) is 167 cm³/mol. The molecule has 3 aromatic rings. The minimum atomic E-state index is -4.31. The van der Waals surface area contributed by atoms with Crippen molar-refractivity contribution in [3.63, 3.8) is 0 Å². The Morgan fingerprint density at radius 1 is 0.902 bits per heavy atom. The molecule has 1 atom stereocenters. The number of carbonyl (C=O) groups is 2. The van der Waals surface area contributed by atoms with E-state index in [-0.39, 0.29) is 39.6 Å². The molecule has 0 saturated heterocycles. The molecule has 41 heavy (non-hydrogen) atoms. The van der Waals surface area contributed by atoms with Crippen molar-refractivity contribution < 1.29 is 18.0 Å². The number of sulfonamides is 1. The van der Waals surface area contributed by atoms with Gasteiger partial charge in [-0.05, 0) is 69.7 Å². The summed E-state index contributed by atoms with van der Waals surface area (Å²) in [7, 11) is -4.31. The molecule has 12 heteroatoms. The van der Waals surface area contributed by atoms with Crippen LogP contribution < -0.4 is 9.62 Å². The summed E-state index contributed by atoms with van der Waals surface area (Å²) in [4.78, 5) is 28.7. The van der Waals surface area contributed by atoms with Crippen LogP contribution in [0.3, 0.4) is 0 Å². The van der Waals surface area contributed by atoms with Crippen molar-refractivity contribution in [2.24, 2.45) is 0 Å². The van der Waals surface area contributed by atoms with Gasteiger partial charge in [0.05, 0.1) is 15.6 Å². The van der Waals surface area contributed by atoms with E-state index in [0.29, 0.717) is 15.6 Å². The van der Waals surface area contributed by atoms with Crippen molar-refractivity contribution in [1.82, 2.24) is 10.2 Å². The molecule has 0 aliphatic carbocycles. The average molecular weight is 659 g/mol. The van der Waals surface area contributed by atoms with Gasteiger partial charge in [0.25, 0.3) is 10.0 Å². The molecule has 220 valence electrons. The largest absolute Gasteiger partial charge is 0.352 e. The fraction of sp³-hybridized carbons (Fsp3) is 0.310. The van der Waals surface area contributed by atoms with Crippen molar-refractivity contribution >= 4 is 73.9 Å². The third-order valence-electron chi connectivity index (χ3n) is 6.27. The van der Waals surface area contributed by atoms with Crippen LogP contribution in [-0.2, 0) is 26.2 Å². The zero-order valence-corrected chi connectivity index (χ0v) is 26.8. The second kappa shape index (κ2) is 14.1. The number of halogens is 4. The molecule has 0 heterocycles. The highest BCUT2D eigenvalue weighted by Gasteiger charge is 2.35. The normalized spacial score (nSPS) is 12.2. The van der Waals surface area contributed by atoms with Crippen LogP contribution in [0.15, 0.2) is 65.6 Å². The molecule has 7 nitrogen and oxygen atoms in total. The van der Waals surface area contributed by atoms with Crippen LogP contribution in [0.1, 0.15) is 38.3 Å². The van der Waals surface area contributed by atoms with Crippen molar-refractivity contribution in [2.45, 2.75) is 57.6 Å². The topological polar surface area (TPSA) is 86.8 Å². The van der Waals surface area contributed by atoms with Crippen LogP contribution >= 0.6 is 46.4 Å². The van der Waals surface area contributed by atoms with Gasteiger partial charge in [0.15, 0.2) is 0 Å². The molecule has 3 aromatic carbocycles. The SMILES string of the molecule is CC[C@@H](C(=O)NC(C)C)N(Cc1c(Cl)cccc1Cl)C(=O)CN(c1cc(Cl)ccc1Cl)S(=O)(=O)c1ccc(C)cc1. The van der Waals surface area contributed by atoms with Gasteiger partial charge < -0.3 is 10.2 Å². The minimum absolute atomic E-state index is 0.0171. The number of amides is 2. The lowest BCUT2D eigenvalue weighted by Crippen LogP contribution is -2.53. The van der Waals surface area contributed by atoms with Gasteiger partial charge in [-0.2, -0.15) is 0 Å². The minimum Gasteiger partial charge on any atom is -0.352 e. The molecule has 0 aromatic heterocycles. The van der Waals surface area contributed by atoms with Gasteiger partial charge in [-0.3, -0.25) is 13.9 Å². The van der Waals surface area contributed by atoms with Gasteiger partial charge in [0, 0.05) is 33.2 Å². The molecule has 0 fully saturated rings. The first-order valence-electron chi connectivity index (χ1n) is 12.8. The molecule has 0 saturated carbocycles. The first-order chi connectivity index (χ1) is 19.3. The number of hydrogen-bond donors (Lipinski definition) is 1. The highest BCUT2D eigenvalue weighted by atomic mass is 35.5. The van der Waals surface area contributed by atoms with E-state index < -0.39 is 34.4 Å². The van der Waals surface area contributed by atoms with Gasteiger partial charge in [-0.15, -0.1) is 0 Å². The molecular weight excluding hydrogens is 628 g/mol. The summed E-state index contributed by atoms with van der Waals surface area (Å²) in [6, 6.07) is 14.3. The summed E-state index contributed by atoms with van der Waals surface area (Å²) in [5.41, 5.74) is 1.30. The Kier molecular flexibility index (Phi) is 11.4. The van der Waals surface area contributed by atoms with Crippen LogP contribution in [0.5, 0.6) is 0 Å². The van der Waals surface area contributed by atoms with Crippen LogP contribution in [0.25, 0.3) is 0 Å². The van der Waals surface area contributed by atoms with E-state index in [9.17, 15) is 18.0 Å². The lowest BCUT2D eigenvalue weighted by atomic mass is 10.1. The number of anilines is 1. The average Bonchev–Trinajstić information content (AvgIpc) is 2.90. The van der Waals surface area contributed by atoms with Gasteiger partial charge in [0.1, 0.15) is 12.6 Å². The standard InChI is InChI=1S/C29H31Cl4N3O4S/c1-5-26(29(38)34-18(2)3)35(16-22-23(31)7-6-8-24(22)32)28(37)17-36(27-15-20(30)11-14-25(27)33)41(39,40)21-12-9-19(4)10-13-21/h6-15,18,26H,5,16-17H2,1-4H3,(H,34,38)/t26-/m0/s1. The number of nitrogens with one attached hydrogen (secondary N) is 1. The zero-order valence-electron chi connectivity index (χ0n) is 23.0. The molecule has 0 spiro atoms. The van der Waals surface area contributed by atoms with E-state index in [1.165, 1.54) is 35.2 Å². The first kappa shape index (κ1) is 33.0. The Balaban J connectivity index is 2.15. The van der Waals surface area contributed by atoms with Gasteiger partial charge in [-0.1, -0.05) is 77.1 Å². The molecule has 1 N–H and O–H groups in total. The monoisotopic (exact) mass is 657 g/mol. The number of nitrogens with zero attached hydrogens (tertiary/aromatic N) is 2. The van der Waals surface area contributed by atoms with E-state index in [2.05, 4.69) is 5.32 Å². The first-order valence-corrected chi connectivity index (χ1v) is 15.8. The lowest BCUT2D eigenvalue weighted by molar-refractivity contribution is -0.140. The lowest BCUT2D eigenvalue weighted by Gasteiger charge is -2.34. The highest BCUT2D eigenvalue weighted by molar-refractivity contribution is 7.92. The second-order valence-electron chi connectivity index (χ2n) is 9.73. The second-order valence-corrected chi connectivity index (χ2v) is 13.3.